The molecule has 1 amide bonds. The highest BCUT2D eigenvalue weighted by molar-refractivity contribution is 5.85. The van der Waals surface area contributed by atoms with Crippen molar-refractivity contribution >= 4 is 18.3 Å². The Labute approximate surface area is 144 Å². The number of carbonyl (C=O) groups is 1. The van der Waals surface area contributed by atoms with Crippen molar-refractivity contribution in [3.05, 3.63) is 29.8 Å². The lowest BCUT2D eigenvalue weighted by atomic mass is 9.95. The van der Waals surface area contributed by atoms with E-state index in [-0.39, 0.29) is 24.2 Å². The third kappa shape index (κ3) is 6.01. The van der Waals surface area contributed by atoms with Gasteiger partial charge in [0.15, 0.2) is 0 Å². The van der Waals surface area contributed by atoms with E-state index in [2.05, 4.69) is 5.32 Å². The van der Waals surface area contributed by atoms with Crippen LogP contribution in [-0.4, -0.2) is 32.8 Å². The van der Waals surface area contributed by atoms with Crippen molar-refractivity contribution in [2.45, 2.75) is 25.8 Å². The molecular weight excluding hydrogens is 316 g/mol. The lowest BCUT2D eigenvalue weighted by Gasteiger charge is -2.17. The molecule has 2 atom stereocenters. The fourth-order valence-corrected chi connectivity index (χ4v) is 2.93. The first kappa shape index (κ1) is 19.7. The quantitative estimate of drug-likeness (QED) is 0.710. The number of halogens is 1. The molecule has 1 aromatic rings. The number of nitrogens with one attached hydrogen (secondary N) is 1. The molecule has 0 aromatic heterocycles. The molecule has 0 spiro atoms. The molecule has 0 heterocycles. The molecule has 0 unspecified atom stereocenters. The van der Waals surface area contributed by atoms with Crippen LogP contribution in [0.2, 0.25) is 0 Å². The Morgan fingerprint density at radius 2 is 2.00 bits per heavy atom. The van der Waals surface area contributed by atoms with E-state index < -0.39 is 0 Å². The van der Waals surface area contributed by atoms with Crippen LogP contribution in [0.1, 0.15) is 24.8 Å². The third-order valence-corrected chi connectivity index (χ3v) is 4.24. The summed E-state index contributed by atoms with van der Waals surface area (Å²) in [6.45, 7) is 2.26. The first-order valence-corrected chi connectivity index (χ1v) is 7.93. The van der Waals surface area contributed by atoms with Crippen molar-refractivity contribution in [1.29, 1.82) is 0 Å². The van der Waals surface area contributed by atoms with Crippen LogP contribution in [0, 0.1) is 11.8 Å². The molecule has 5 nitrogen and oxygen atoms in total. The van der Waals surface area contributed by atoms with Crippen LogP contribution >= 0.6 is 12.4 Å². The lowest BCUT2D eigenvalue weighted by Crippen LogP contribution is -2.34. The van der Waals surface area contributed by atoms with E-state index >= 15 is 0 Å². The van der Waals surface area contributed by atoms with Crippen LogP contribution < -0.4 is 15.8 Å². The summed E-state index contributed by atoms with van der Waals surface area (Å²) >= 11 is 0. The van der Waals surface area contributed by atoms with Crippen molar-refractivity contribution in [2.24, 2.45) is 17.6 Å². The molecule has 1 fully saturated rings. The van der Waals surface area contributed by atoms with Crippen LogP contribution in [0.4, 0.5) is 0 Å². The van der Waals surface area contributed by atoms with Crippen LogP contribution in [0.3, 0.4) is 0 Å². The fraction of sp³-hybridized carbons (Fsp3) is 0.588. The van der Waals surface area contributed by atoms with E-state index in [4.69, 9.17) is 15.2 Å². The number of ether oxygens (including phenoxy) is 2. The predicted octanol–water partition coefficient (Wildman–Crippen LogP) is 2.12. The van der Waals surface area contributed by atoms with Gasteiger partial charge in [-0.2, -0.15) is 0 Å². The summed E-state index contributed by atoms with van der Waals surface area (Å²) in [5.41, 5.74) is 6.80. The van der Waals surface area contributed by atoms with E-state index in [0.717, 1.165) is 30.6 Å². The highest BCUT2D eigenvalue weighted by Crippen LogP contribution is 2.31. The van der Waals surface area contributed by atoms with Gasteiger partial charge >= 0.3 is 0 Å². The Balaban J connectivity index is 0.00000264. The SMILES string of the molecule is COCCOc1ccc(CNC(=O)[C@@H]2CCC[C@@H]2CN)cc1.Cl. The van der Waals surface area contributed by atoms with Crippen molar-refractivity contribution in [3.8, 4) is 5.75 Å². The number of methoxy groups -OCH3 is 1. The Bertz CT molecular complexity index is 467. The summed E-state index contributed by atoms with van der Waals surface area (Å²) in [7, 11) is 1.65. The Morgan fingerprint density at radius 1 is 1.26 bits per heavy atom. The topological polar surface area (TPSA) is 73.6 Å². The van der Waals surface area contributed by atoms with E-state index in [0.29, 0.717) is 32.2 Å². The maximum absolute atomic E-state index is 12.2. The van der Waals surface area contributed by atoms with Gasteiger partial charge in [0, 0.05) is 19.6 Å². The third-order valence-electron chi connectivity index (χ3n) is 4.24. The van der Waals surface area contributed by atoms with Crippen LogP contribution in [-0.2, 0) is 16.1 Å². The number of nitrogens with two attached hydrogens (primary N) is 1. The summed E-state index contributed by atoms with van der Waals surface area (Å²) < 4.78 is 10.4. The van der Waals surface area contributed by atoms with Gasteiger partial charge in [0.25, 0.3) is 0 Å². The minimum atomic E-state index is 0. The molecular formula is C17H27ClN2O3. The van der Waals surface area contributed by atoms with Gasteiger partial charge in [0.05, 0.1) is 6.61 Å². The Hall–Kier alpha value is -1.30. The lowest BCUT2D eigenvalue weighted by molar-refractivity contribution is -0.126. The smallest absolute Gasteiger partial charge is 0.223 e. The van der Waals surface area contributed by atoms with E-state index in [1.165, 1.54) is 0 Å². The zero-order valence-corrected chi connectivity index (χ0v) is 14.4. The fourth-order valence-electron chi connectivity index (χ4n) is 2.93. The first-order chi connectivity index (χ1) is 10.7. The summed E-state index contributed by atoms with van der Waals surface area (Å²) in [5.74, 6) is 1.37. The molecule has 1 aromatic carbocycles. The van der Waals surface area contributed by atoms with Crippen molar-refractivity contribution in [1.82, 2.24) is 5.32 Å². The van der Waals surface area contributed by atoms with Gasteiger partial charge in [-0.3, -0.25) is 4.79 Å². The van der Waals surface area contributed by atoms with E-state index in [1.54, 1.807) is 7.11 Å². The maximum atomic E-state index is 12.2. The van der Waals surface area contributed by atoms with Crippen LogP contribution in [0.25, 0.3) is 0 Å². The van der Waals surface area contributed by atoms with E-state index in [9.17, 15) is 4.79 Å². The molecule has 0 radical (unpaired) electrons. The molecule has 1 aliphatic rings. The van der Waals surface area contributed by atoms with Crippen LogP contribution in [0.15, 0.2) is 24.3 Å². The van der Waals surface area contributed by atoms with Crippen molar-refractivity contribution < 1.29 is 14.3 Å². The van der Waals surface area contributed by atoms with Crippen molar-refractivity contribution in [2.75, 3.05) is 26.9 Å². The molecule has 23 heavy (non-hydrogen) atoms. The zero-order chi connectivity index (χ0) is 15.8. The zero-order valence-electron chi connectivity index (χ0n) is 13.6. The van der Waals surface area contributed by atoms with Crippen molar-refractivity contribution in [3.63, 3.8) is 0 Å². The molecule has 0 bridgehead atoms. The van der Waals surface area contributed by atoms with Crippen LogP contribution in [0.5, 0.6) is 5.75 Å². The number of hydrogen-bond donors (Lipinski definition) is 2. The number of benzene rings is 1. The Morgan fingerprint density at radius 3 is 2.65 bits per heavy atom. The van der Waals surface area contributed by atoms with Gasteiger partial charge in [-0.05, 0) is 43.0 Å². The predicted molar refractivity (Wildman–Crippen MR) is 92.8 cm³/mol. The summed E-state index contributed by atoms with van der Waals surface area (Å²) in [6, 6.07) is 7.76. The first-order valence-electron chi connectivity index (χ1n) is 7.93. The highest BCUT2D eigenvalue weighted by Gasteiger charge is 2.31. The van der Waals surface area contributed by atoms with Gasteiger partial charge in [0.1, 0.15) is 12.4 Å². The molecule has 130 valence electrons. The molecule has 1 aliphatic carbocycles. The second-order valence-corrected chi connectivity index (χ2v) is 5.74. The summed E-state index contributed by atoms with van der Waals surface area (Å²) in [4.78, 5) is 12.2. The molecule has 3 N–H and O–H groups in total. The largest absolute Gasteiger partial charge is 0.491 e. The monoisotopic (exact) mass is 342 g/mol. The average molecular weight is 343 g/mol. The molecule has 2 rings (SSSR count). The number of carbonyl (C=O) groups excluding carboxylic acids is 1. The number of amides is 1. The number of rotatable bonds is 8. The van der Waals surface area contributed by atoms with Gasteiger partial charge < -0.3 is 20.5 Å². The molecule has 0 saturated heterocycles. The minimum absolute atomic E-state index is 0. The molecule has 0 aliphatic heterocycles. The van der Waals surface area contributed by atoms with Gasteiger partial charge in [-0.15, -0.1) is 12.4 Å². The van der Waals surface area contributed by atoms with Gasteiger partial charge in [-0.25, -0.2) is 0 Å². The number of hydrogen-bond acceptors (Lipinski definition) is 4. The Kier molecular flexibility index (Phi) is 8.99. The second-order valence-electron chi connectivity index (χ2n) is 5.74. The van der Waals surface area contributed by atoms with E-state index in [1.807, 2.05) is 24.3 Å². The maximum Gasteiger partial charge on any atom is 0.223 e. The summed E-state index contributed by atoms with van der Waals surface area (Å²) in [6.07, 6.45) is 3.13. The van der Waals surface area contributed by atoms with Gasteiger partial charge in [0.2, 0.25) is 5.91 Å². The summed E-state index contributed by atoms with van der Waals surface area (Å²) in [5, 5.41) is 3.02. The highest BCUT2D eigenvalue weighted by atomic mass is 35.5. The average Bonchev–Trinajstić information content (AvgIpc) is 3.03. The molecule has 1 saturated carbocycles. The normalized spacial score (nSPS) is 19.9. The standard InChI is InChI=1S/C17H26N2O3.ClH/c1-21-9-10-22-15-7-5-13(6-8-15)12-19-17(20)16-4-2-3-14(16)11-18;/h5-8,14,16H,2-4,9-12,18H2,1H3,(H,19,20);1H/t14-,16-;/m1./s1. The van der Waals surface area contributed by atoms with Gasteiger partial charge in [-0.1, -0.05) is 18.6 Å². The molecule has 6 heteroatoms. The minimum Gasteiger partial charge on any atom is -0.491 e. The second kappa shape index (κ2) is 10.5.